The first-order valence-electron chi connectivity index (χ1n) is 6.72. The number of rotatable bonds is 5. The Labute approximate surface area is 119 Å². The van der Waals surface area contributed by atoms with Crippen molar-refractivity contribution in [1.82, 2.24) is 0 Å². The maximum absolute atomic E-state index is 10.2. The van der Waals surface area contributed by atoms with E-state index in [2.05, 4.69) is 0 Å². The van der Waals surface area contributed by atoms with Gasteiger partial charge in [-0.15, -0.1) is 0 Å². The molecule has 5 atom stereocenters. The molecule has 1 aliphatic heterocycles. The lowest BCUT2D eigenvalue weighted by Crippen LogP contribution is -2.58. The minimum atomic E-state index is -0.755. The summed E-state index contributed by atoms with van der Waals surface area (Å²) in [7, 11) is 3.11. The second-order valence-electron chi connectivity index (χ2n) is 4.90. The molecule has 1 aromatic rings. The van der Waals surface area contributed by atoms with Gasteiger partial charge in [-0.25, -0.2) is 0 Å². The third-order valence-corrected chi connectivity index (χ3v) is 3.55. The molecule has 0 bridgehead atoms. The van der Waals surface area contributed by atoms with E-state index in [4.69, 9.17) is 18.9 Å². The number of hydrogen-bond donors (Lipinski definition) is 1. The number of aliphatic hydroxyl groups excluding tert-OH is 1. The summed E-state index contributed by atoms with van der Waals surface area (Å²) in [6.45, 7) is 2.20. The van der Waals surface area contributed by atoms with Gasteiger partial charge in [0.05, 0.1) is 12.7 Å². The Morgan fingerprint density at radius 3 is 2.40 bits per heavy atom. The lowest BCUT2D eigenvalue weighted by Gasteiger charge is -2.42. The molecule has 1 fully saturated rings. The molecular formula is C15H22O5. The molecule has 0 saturated carbocycles. The van der Waals surface area contributed by atoms with Crippen molar-refractivity contribution < 1.29 is 24.1 Å². The van der Waals surface area contributed by atoms with Crippen molar-refractivity contribution in [1.29, 1.82) is 0 Å². The Morgan fingerprint density at radius 2 is 1.80 bits per heavy atom. The molecule has 20 heavy (non-hydrogen) atoms. The molecule has 1 aromatic carbocycles. The number of methoxy groups -OCH3 is 2. The molecule has 1 N–H and O–H groups in total. The first-order valence-corrected chi connectivity index (χ1v) is 6.72. The number of aliphatic hydroxyl groups is 1. The second kappa shape index (κ2) is 7.15. The summed E-state index contributed by atoms with van der Waals surface area (Å²) >= 11 is 0. The van der Waals surface area contributed by atoms with E-state index in [0.717, 1.165) is 5.56 Å². The Balaban J connectivity index is 2.05. The molecule has 3 unspecified atom stereocenters. The zero-order chi connectivity index (χ0) is 14.5. The van der Waals surface area contributed by atoms with Crippen molar-refractivity contribution in [3.05, 3.63) is 35.9 Å². The molecule has 0 radical (unpaired) electrons. The molecule has 1 heterocycles. The van der Waals surface area contributed by atoms with Gasteiger partial charge in [0.25, 0.3) is 0 Å². The molecule has 112 valence electrons. The summed E-state index contributed by atoms with van der Waals surface area (Å²) in [6.07, 6.45) is -2.62. The summed E-state index contributed by atoms with van der Waals surface area (Å²) < 4.78 is 22.0. The Bertz CT molecular complexity index is 397. The van der Waals surface area contributed by atoms with Crippen molar-refractivity contribution in [2.24, 2.45) is 0 Å². The molecule has 0 aliphatic carbocycles. The highest BCUT2D eigenvalue weighted by Gasteiger charge is 2.44. The summed E-state index contributed by atoms with van der Waals surface area (Å²) in [5, 5.41) is 10.2. The zero-order valence-electron chi connectivity index (χ0n) is 12.1. The summed E-state index contributed by atoms with van der Waals surface area (Å²) in [4.78, 5) is 0. The highest BCUT2D eigenvalue weighted by Crippen LogP contribution is 2.26. The van der Waals surface area contributed by atoms with Crippen molar-refractivity contribution in [3.8, 4) is 0 Å². The van der Waals surface area contributed by atoms with Crippen molar-refractivity contribution in [2.45, 2.75) is 44.2 Å². The topological polar surface area (TPSA) is 57.2 Å². The van der Waals surface area contributed by atoms with E-state index < -0.39 is 24.6 Å². The van der Waals surface area contributed by atoms with Gasteiger partial charge in [-0.2, -0.15) is 0 Å². The van der Waals surface area contributed by atoms with Crippen LogP contribution in [0.5, 0.6) is 0 Å². The van der Waals surface area contributed by atoms with Crippen LogP contribution in [-0.2, 0) is 25.6 Å². The lowest BCUT2D eigenvalue weighted by atomic mass is 9.99. The number of benzene rings is 1. The molecular weight excluding hydrogens is 260 g/mol. The van der Waals surface area contributed by atoms with Crippen LogP contribution in [-0.4, -0.2) is 50.0 Å². The van der Waals surface area contributed by atoms with Crippen LogP contribution in [0.2, 0.25) is 0 Å². The van der Waals surface area contributed by atoms with E-state index >= 15 is 0 Å². The minimum absolute atomic E-state index is 0.368. The second-order valence-corrected chi connectivity index (χ2v) is 4.90. The van der Waals surface area contributed by atoms with E-state index in [1.54, 1.807) is 21.1 Å². The van der Waals surface area contributed by atoms with Gasteiger partial charge in [0, 0.05) is 14.2 Å². The van der Waals surface area contributed by atoms with Gasteiger partial charge in [-0.1, -0.05) is 30.3 Å². The smallest absolute Gasteiger partial charge is 0.186 e. The highest BCUT2D eigenvalue weighted by molar-refractivity contribution is 5.13. The Morgan fingerprint density at radius 1 is 1.10 bits per heavy atom. The van der Waals surface area contributed by atoms with Gasteiger partial charge in [-0.05, 0) is 12.5 Å². The predicted octanol–water partition coefficient (Wildman–Crippen LogP) is 1.34. The van der Waals surface area contributed by atoms with E-state index in [1.165, 1.54) is 0 Å². The summed E-state index contributed by atoms with van der Waals surface area (Å²) in [5.41, 5.74) is 1.04. The first-order chi connectivity index (χ1) is 9.67. The molecule has 0 amide bonds. The van der Waals surface area contributed by atoms with E-state index in [9.17, 15) is 5.11 Å². The van der Waals surface area contributed by atoms with Crippen LogP contribution < -0.4 is 0 Å². The van der Waals surface area contributed by atoms with Gasteiger partial charge in [0.1, 0.15) is 18.3 Å². The van der Waals surface area contributed by atoms with Crippen LogP contribution in [0.4, 0.5) is 0 Å². The molecule has 1 saturated heterocycles. The molecule has 0 spiro atoms. The quantitative estimate of drug-likeness (QED) is 0.883. The van der Waals surface area contributed by atoms with E-state index in [0.29, 0.717) is 6.61 Å². The minimum Gasteiger partial charge on any atom is -0.388 e. The van der Waals surface area contributed by atoms with Gasteiger partial charge in [0.2, 0.25) is 0 Å². The number of ether oxygens (including phenoxy) is 4. The van der Waals surface area contributed by atoms with Crippen molar-refractivity contribution in [3.63, 3.8) is 0 Å². The van der Waals surface area contributed by atoms with Gasteiger partial charge in [-0.3, -0.25) is 0 Å². The molecule has 1 aliphatic rings. The molecule has 5 nitrogen and oxygen atoms in total. The van der Waals surface area contributed by atoms with Gasteiger partial charge < -0.3 is 24.1 Å². The zero-order valence-corrected chi connectivity index (χ0v) is 12.1. The Kier molecular flexibility index (Phi) is 5.51. The number of hydrogen-bond acceptors (Lipinski definition) is 5. The molecule has 5 heteroatoms. The molecule has 0 aromatic heterocycles. The largest absolute Gasteiger partial charge is 0.388 e. The SMILES string of the molecule is COC1C(OCc2ccccc2)[C@@H](O)C(C)O[C@H]1OC. The summed E-state index contributed by atoms with van der Waals surface area (Å²) in [5.74, 6) is 0. The van der Waals surface area contributed by atoms with E-state index in [-0.39, 0.29) is 6.10 Å². The van der Waals surface area contributed by atoms with Crippen LogP contribution in [0.25, 0.3) is 0 Å². The van der Waals surface area contributed by atoms with Gasteiger partial charge >= 0.3 is 0 Å². The average Bonchev–Trinajstić information content (AvgIpc) is 2.49. The third kappa shape index (κ3) is 3.37. The standard InChI is InChI=1S/C15H22O5/c1-10-12(16)13(14(17-2)15(18-3)20-10)19-9-11-7-5-4-6-8-11/h4-8,10,12-16H,9H2,1-3H3/t10?,12-,13?,14?,15+/m0/s1. The summed E-state index contributed by atoms with van der Waals surface area (Å²) in [6, 6.07) is 9.81. The maximum atomic E-state index is 10.2. The highest BCUT2D eigenvalue weighted by atomic mass is 16.7. The first kappa shape index (κ1) is 15.4. The lowest BCUT2D eigenvalue weighted by molar-refractivity contribution is -0.300. The van der Waals surface area contributed by atoms with Crippen molar-refractivity contribution >= 4 is 0 Å². The van der Waals surface area contributed by atoms with Crippen LogP contribution in [0.3, 0.4) is 0 Å². The molecule has 2 rings (SSSR count). The van der Waals surface area contributed by atoms with Crippen LogP contribution in [0, 0.1) is 0 Å². The van der Waals surface area contributed by atoms with Crippen LogP contribution in [0.1, 0.15) is 12.5 Å². The fourth-order valence-corrected chi connectivity index (χ4v) is 2.38. The van der Waals surface area contributed by atoms with Crippen LogP contribution >= 0.6 is 0 Å². The van der Waals surface area contributed by atoms with Crippen LogP contribution in [0.15, 0.2) is 30.3 Å². The third-order valence-electron chi connectivity index (χ3n) is 3.55. The van der Waals surface area contributed by atoms with Crippen molar-refractivity contribution in [2.75, 3.05) is 14.2 Å². The average molecular weight is 282 g/mol. The maximum Gasteiger partial charge on any atom is 0.186 e. The monoisotopic (exact) mass is 282 g/mol. The fraction of sp³-hybridized carbons (Fsp3) is 0.600. The predicted molar refractivity (Wildman–Crippen MR) is 73.2 cm³/mol. The Hall–Kier alpha value is -0.980. The van der Waals surface area contributed by atoms with Gasteiger partial charge in [0.15, 0.2) is 6.29 Å². The van der Waals surface area contributed by atoms with E-state index in [1.807, 2.05) is 30.3 Å². The fourth-order valence-electron chi connectivity index (χ4n) is 2.38. The normalized spacial score (nSPS) is 34.1.